The fraction of sp³-hybridized carbons (Fsp3) is 0.611. The Bertz CT molecular complexity index is 464. The molecule has 22 heavy (non-hydrogen) atoms. The van der Waals surface area contributed by atoms with Crippen LogP contribution < -0.4 is 5.32 Å². The van der Waals surface area contributed by atoms with Crippen LogP contribution in [-0.4, -0.2) is 50.2 Å². The quantitative estimate of drug-likeness (QED) is 0.801. The Labute approximate surface area is 133 Å². The number of carbonyl (C=O) groups excluding carboxylic acids is 1. The predicted molar refractivity (Wildman–Crippen MR) is 88.8 cm³/mol. The molecule has 1 amide bonds. The first-order valence-corrected chi connectivity index (χ1v) is 8.06. The highest BCUT2D eigenvalue weighted by atomic mass is 16.5. The van der Waals surface area contributed by atoms with Crippen molar-refractivity contribution in [3.63, 3.8) is 0 Å². The van der Waals surface area contributed by atoms with Crippen LogP contribution in [-0.2, 0) is 16.0 Å². The Morgan fingerprint density at radius 1 is 1.32 bits per heavy atom. The van der Waals surface area contributed by atoms with Crippen LogP contribution in [0.2, 0.25) is 0 Å². The van der Waals surface area contributed by atoms with Crippen molar-refractivity contribution in [3.05, 3.63) is 35.9 Å². The number of benzene rings is 1. The van der Waals surface area contributed by atoms with E-state index in [0.717, 1.165) is 32.2 Å². The number of rotatable bonds is 8. The molecule has 2 rings (SSSR count). The number of nitrogens with zero attached hydrogens (tertiary/aromatic N) is 1. The minimum absolute atomic E-state index is 0.101. The highest BCUT2D eigenvalue weighted by Crippen LogP contribution is 2.37. The van der Waals surface area contributed by atoms with Crippen molar-refractivity contribution in [2.24, 2.45) is 0 Å². The van der Waals surface area contributed by atoms with Crippen LogP contribution in [0.3, 0.4) is 0 Å². The third-order valence-electron chi connectivity index (χ3n) is 4.46. The van der Waals surface area contributed by atoms with E-state index in [9.17, 15) is 4.79 Å². The maximum absolute atomic E-state index is 12.4. The maximum Gasteiger partial charge on any atom is 0.223 e. The SMILES string of the molecule is COC1(CC(=O)N[C@@H](Cc2ccccc2)CN(C)C)CCC1. The molecule has 1 N–H and O–H groups in total. The van der Waals surface area contributed by atoms with Crippen molar-refractivity contribution in [1.82, 2.24) is 10.2 Å². The molecule has 1 fully saturated rings. The van der Waals surface area contributed by atoms with Gasteiger partial charge in [-0.15, -0.1) is 0 Å². The molecule has 122 valence electrons. The average Bonchev–Trinajstić information content (AvgIpc) is 2.43. The van der Waals surface area contributed by atoms with Crippen LogP contribution in [0.1, 0.15) is 31.2 Å². The molecule has 0 unspecified atom stereocenters. The van der Waals surface area contributed by atoms with Gasteiger partial charge in [0.2, 0.25) is 5.91 Å². The Morgan fingerprint density at radius 2 is 2.00 bits per heavy atom. The van der Waals surface area contributed by atoms with Crippen molar-refractivity contribution < 1.29 is 9.53 Å². The maximum atomic E-state index is 12.4. The molecule has 1 saturated carbocycles. The van der Waals surface area contributed by atoms with Crippen LogP contribution in [0.4, 0.5) is 0 Å². The fourth-order valence-corrected chi connectivity index (χ4v) is 3.10. The third-order valence-corrected chi connectivity index (χ3v) is 4.46. The molecule has 0 radical (unpaired) electrons. The predicted octanol–water partition coefficient (Wildman–Crippen LogP) is 2.23. The topological polar surface area (TPSA) is 41.6 Å². The lowest BCUT2D eigenvalue weighted by atomic mass is 9.77. The second-order valence-corrected chi connectivity index (χ2v) is 6.63. The normalized spacial score (nSPS) is 17.8. The van der Waals surface area contributed by atoms with Crippen molar-refractivity contribution in [3.8, 4) is 0 Å². The van der Waals surface area contributed by atoms with Gasteiger partial charge in [-0.3, -0.25) is 4.79 Å². The van der Waals surface area contributed by atoms with Crippen LogP contribution in [0, 0.1) is 0 Å². The largest absolute Gasteiger partial charge is 0.378 e. The molecule has 0 aromatic heterocycles. The number of nitrogens with one attached hydrogen (secondary N) is 1. The molecule has 1 aromatic rings. The van der Waals surface area contributed by atoms with Gasteiger partial charge in [-0.2, -0.15) is 0 Å². The van der Waals surface area contributed by atoms with Crippen molar-refractivity contribution >= 4 is 5.91 Å². The van der Waals surface area contributed by atoms with Gasteiger partial charge >= 0.3 is 0 Å². The summed E-state index contributed by atoms with van der Waals surface area (Å²) in [5.74, 6) is 0.101. The number of hydrogen-bond donors (Lipinski definition) is 1. The first-order chi connectivity index (χ1) is 10.5. The molecule has 0 aliphatic heterocycles. The Morgan fingerprint density at radius 3 is 2.50 bits per heavy atom. The lowest BCUT2D eigenvalue weighted by Gasteiger charge is -2.40. The van der Waals surface area contributed by atoms with Crippen LogP contribution in [0.25, 0.3) is 0 Å². The van der Waals surface area contributed by atoms with Gasteiger partial charge in [0.1, 0.15) is 0 Å². The summed E-state index contributed by atoms with van der Waals surface area (Å²) >= 11 is 0. The van der Waals surface area contributed by atoms with Gasteiger partial charge in [-0.1, -0.05) is 30.3 Å². The Balaban J connectivity index is 1.92. The molecule has 1 atom stereocenters. The molecule has 0 bridgehead atoms. The number of amides is 1. The minimum Gasteiger partial charge on any atom is -0.378 e. The fourth-order valence-electron chi connectivity index (χ4n) is 3.10. The molecule has 4 heteroatoms. The smallest absolute Gasteiger partial charge is 0.223 e. The first kappa shape index (κ1) is 17.0. The van der Waals surface area contributed by atoms with E-state index in [-0.39, 0.29) is 17.6 Å². The summed E-state index contributed by atoms with van der Waals surface area (Å²) in [5.41, 5.74) is 1.04. The molecular formula is C18H28N2O2. The first-order valence-electron chi connectivity index (χ1n) is 8.06. The van der Waals surface area contributed by atoms with Crippen molar-refractivity contribution in [2.45, 2.75) is 43.7 Å². The monoisotopic (exact) mass is 304 g/mol. The van der Waals surface area contributed by atoms with E-state index in [0.29, 0.717) is 6.42 Å². The lowest BCUT2D eigenvalue weighted by Crippen LogP contribution is -2.48. The Kier molecular flexibility index (Phi) is 5.98. The summed E-state index contributed by atoms with van der Waals surface area (Å²) in [4.78, 5) is 14.5. The number of carbonyl (C=O) groups is 1. The van der Waals surface area contributed by atoms with Gasteiger partial charge in [0.15, 0.2) is 0 Å². The molecule has 1 aromatic carbocycles. The third kappa shape index (κ3) is 4.82. The molecular weight excluding hydrogens is 276 g/mol. The molecule has 1 aliphatic rings. The van der Waals surface area contributed by atoms with E-state index in [1.807, 2.05) is 32.3 Å². The minimum atomic E-state index is -0.209. The second kappa shape index (κ2) is 7.75. The lowest BCUT2D eigenvalue weighted by molar-refractivity contribution is -0.135. The summed E-state index contributed by atoms with van der Waals surface area (Å²) in [5, 5.41) is 3.19. The van der Waals surface area contributed by atoms with Crippen molar-refractivity contribution in [2.75, 3.05) is 27.7 Å². The van der Waals surface area contributed by atoms with E-state index in [4.69, 9.17) is 4.74 Å². The van der Waals surface area contributed by atoms with Gasteiger partial charge in [0, 0.05) is 19.7 Å². The van der Waals surface area contributed by atoms with Crippen molar-refractivity contribution in [1.29, 1.82) is 0 Å². The number of methoxy groups -OCH3 is 1. The second-order valence-electron chi connectivity index (χ2n) is 6.63. The number of hydrogen-bond acceptors (Lipinski definition) is 3. The molecule has 0 spiro atoms. The van der Waals surface area contributed by atoms with Crippen LogP contribution >= 0.6 is 0 Å². The van der Waals surface area contributed by atoms with Gasteiger partial charge in [-0.25, -0.2) is 0 Å². The van der Waals surface area contributed by atoms with Gasteiger partial charge in [0.05, 0.1) is 12.0 Å². The zero-order chi connectivity index (χ0) is 16.0. The summed E-state index contributed by atoms with van der Waals surface area (Å²) in [6.07, 6.45) is 4.47. The molecule has 0 heterocycles. The van der Waals surface area contributed by atoms with E-state index in [2.05, 4.69) is 22.3 Å². The number of ether oxygens (including phenoxy) is 1. The zero-order valence-electron chi connectivity index (χ0n) is 14.0. The summed E-state index contributed by atoms with van der Waals surface area (Å²) in [6, 6.07) is 10.4. The van der Waals surface area contributed by atoms with E-state index in [1.54, 1.807) is 7.11 Å². The Hall–Kier alpha value is -1.39. The summed E-state index contributed by atoms with van der Waals surface area (Å²) in [7, 11) is 5.78. The highest BCUT2D eigenvalue weighted by molar-refractivity contribution is 5.77. The standard InChI is InChI=1S/C18H28N2O2/c1-20(2)14-16(12-15-8-5-4-6-9-15)19-17(21)13-18(22-3)10-7-11-18/h4-6,8-9,16H,7,10-14H2,1-3H3,(H,19,21)/t16-/m0/s1. The van der Waals surface area contributed by atoms with E-state index in [1.165, 1.54) is 5.56 Å². The van der Waals surface area contributed by atoms with Crippen LogP contribution in [0.15, 0.2) is 30.3 Å². The van der Waals surface area contributed by atoms with E-state index >= 15 is 0 Å². The molecule has 4 nitrogen and oxygen atoms in total. The van der Waals surface area contributed by atoms with Gasteiger partial charge in [0.25, 0.3) is 0 Å². The zero-order valence-corrected chi connectivity index (χ0v) is 14.0. The van der Waals surface area contributed by atoms with Gasteiger partial charge < -0.3 is 15.0 Å². The van der Waals surface area contributed by atoms with Crippen LogP contribution in [0.5, 0.6) is 0 Å². The summed E-state index contributed by atoms with van der Waals surface area (Å²) in [6.45, 7) is 0.834. The summed E-state index contributed by atoms with van der Waals surface area (Å²) < 4.78 is 5.55. The van der Waals surface area contributed by atoms with E-state index < -0.39 is 0 Å². The molecule has 1 aliphatic carbocycles. The molecule has 0 saturated heterocycles. The number of likely N-dealkylation sites (N-methyl/N-ethyl adjacent to an activating group) is 1. The highest BCUT2D eigenvalue weighted by Gasteiger charge is 2.39. The average molecular weight is 304 g/mol. The van der Waals surface area contributed by atoms with Gasteiger partial charge in [-0.05, 0) is 45.3 Å².